The van der Waals surface area contributed by atoms with Gasteiger partial charge in [0.2, 0.25) is 5.60 Å². The Hall–Kier alpha value is -2.37. The molecule has 1 aliphatic heterocycles. The second-order valence-electron chi connectivity index (χ2n) is 5.72. The summed E-state index contributed by atoms with van der Waals surface area (Å²) in [5.74, 6) is -1.29. The fourth-order valence-corrected chi connectivity index (χ4v) is 2.96. The van der Waals surface area contributed by atoms with Crippen LogP contribution in [0.25, 0.3) is 0 Å². The summed E-state index contributed by atoms with van der Waals surface area (Å²) in [5, 5.41) is 13.7. The highest BCUT2D eigenvalue weighted by Gasteiger charge is 2.51. The first kappa shape index (κ1) is 16.5. The number of halogens is 1. The molecule has 2 amide bonds. The van der Waals surface area contributed by atoms with E-state index in [2.05, 4.69) is 5.32 Å². The van der Waals surface area contributed by atoms with Crippen molar-refractivity contribution in [2.24, 2.45) is 0 Å². The van der Waals surface area contributed by atoms with Gasteiger partial charge in [0.1, 0.15) is 0 Å². The van der Waals surface area contributed by atoms with Gasteiger partial charge in [-0.1, -0.05) is 41.9 Å². The van der Waals surface area contributed by atoms with Gasteiger partial charge in [-0.3, -0.25) is 9.59 Å². The Morgan fingerprint density at radius 1 is 1.21 bits per heavy atom. The summed E-state index contributed by atoms with van der Waals surface area (Å²) in [6.07, 6.45) is 0.0576. The number of anilines is 1. The van der Waals surface area contributed by atoms with Crippen molar-refractivity contribution in [2.45, 2.75) is 18.6 Å². The maximum absolute atomic E-state index is 12.5. The van der Waals surface area contributed by atoms with Crippen LogP contribution in [0.3, 0.4) is 0 Å². The molecule has 124 valence electrons. The lowest BCUT2D eigenvalue weighted by molar-refractivity contribution is -0.149. The third-order valence-electron chi connectivity index (χ3n) is 4.08. The van der Waals surface area contributed by atoms with Gasteiger partial charge in [0, 0.05) is 30.2 Å². The molecule has 24 heavy (non-hydrogen) atoms. The molecule has 5 nitrogen and oxygen atoms in total. The number of carbonyl (C=O) groups excluding carboxylic acids is 2. The summed E-state index contributed by atoms with van der Waals surface area (Å²) < 4.78 is 0. The number of hydrogen-bond donors (Lipinski definition) is 2. The Labute approximate surface area is 144 Å². The molecule has 1 heterocycles. The fourth-order valence-electron chi connectivity index (χ4n) is 2.75. The Morgan fingerprint density at radius 3 is 2.67 bits per heavy atom. The van der Waals surface area contributed by atoms with Crippen LogP contribution in [0.5, 0.6) is 0 Å². The molecule has 1 saturated heterocycles. The van der Waals surface area contributed by atoms with E-state index in [0.717, 1.165) is 5.56 Å². The number of benzene rings is 2. The second kappa shape index (κ2) is 6.63. The molecule has 0 aromatic heterocycles. The predicted octanol–water partition coefficient (Wildman–Crippen LogP) is 2.12. The van der Waals surface area contributed by atoms with Gasteiger partial charge in [-0.15, -0.1) is 0 Å². The Kier molecular flexibility index (Phi) is 4.55. The standard InChI is InChI=1S/C18H17ClN2O3/c19-14-6-4-5-13(11-14)12-20-16(22)18(24)9-10-21(17(18)23)15-7-2-1-3-8-15/h1-8,11,24H,9-10,12H2,(H,20,22). The van der Waals surface area contributed by atoms with Crippen molar-refractivity contribution in [3.8, 4) is 0 Å². The number of carbonyl (C=O) groups is 2. The number of rotatable bonds is 4. The average Bonchev–Trinajstić information content (AvgIpc) is 2.90. The van der Waals surface area contributed by atoms with Gasteiger partial charge in [-0.05, 0) is 29.8 Å². The highest BCUT2D eigenvalue weighted by molar-refractivity contribution is 6.30. The minimum atomic E-state index is -2.03. The summed E-state index contributed by atoms with van der Waals surface area (Å²) in [6, 6.07) is 16.0. The molecule has 0 spiro atoms. The zero-order valence-electron chi connectivity index (χ0n) is 12.9. The third-order valence-corrected chi connectivity index (χ3v) is 4.32. The molecule has 2 aromatic carbocycles. The van der Waals surface area contributed by atoms with Crippen molar-refractivity contribution in [3.63, 3.8) is 0 Å². The van der Waals surface area contributed by atoms with Crippen molar-refractivity contribution in [2.75, 3.05) is 11.4 Å². The van der Waals surface area contributed by atoms with E-state index >= 15 is 0 Å². The normalized spacial score (nSPS) is 20.2. The average molecular weight is 345 g/mol. The van der Waals surface area contributed by atoms with E-state index in [-0.39, 0.29) is 13.0 Å². The SMILES string of the molecule is O=C(NCc1cccc(Cl)c1)C1(O)CCN(c2ccccc2)C1=O. The quantitative estimate of drug-likeness (QED) is 0.835. The van der Waals surface area contributed by atoms with Crippen LogP contribution in [0.1, 0.15) is 12.0 Å². The van der Waals surface area contributed by atoms with Crippen molar-refractivity contribution in [1.82, 2.24) is 5.32 Å². The van der Waals surface area contributed by atoms with Crippen LogP contribution >= 0.6 is 11.6 Å². The van der Waals surface area contributed by atoms with Gasteiger partial charge in [0.15, 0.2) is 0 Å². The third kappa shape index (κ3) is 3.13. The molecule has 2 N–H and O–H groups in total. The molecular formula is C18H17ClN2O3. The summed E-state index contributed by atoms with van der Waals surface area (Å²) in [5.41, 5.74) is -0.570. The molecule has 1 fully saturated rings. The van der Waals surface area contributed by atoms with Crippen molar-refractivity contribution < 1.29 is 14.7 Å². The highest BCUT2D eigenvalue weighted by atomic mass is 35.5. The fraction of sp³-hybridized carbons (Fsp3) is 0.222. The van der Waals surface area contributed by atoms with Crippen LogP contribution in [0, 0.1) is 0 Å². The number of nitrogens with zero attached hydrogens (tertiary/aromatic N) is 1. The van der Waals surface area contributed by atoms with Gasteiger partial charge >= 0.3 is 0 Å². The molecule has 0 radical (unpaired) electrons. The number of amides is 2. The molecule has 1 unspecified atom stereocenters. The Morgan fingerprint density at radius 2 is 1.96 bits per heavy atom. The van der Waals surface area contributed by atoms with E-state index in [4.69, 9.17) is 11.6 Å². The maximum atomic E-state index is 12.5. The lowest BCUT2D eigenvalue weighted by atomic mass is 10.0. The van der Waals surface area contributed by atoms with Crippen molar-refractivity contribution in [3.05, 3.63) is 65.2 Å². The summed E-state index contributed by atoms with van der Waals surface area (Å²) >= 11 is 5.90. The summed E-state index contributed by atoms with van der Waals surface area (Å²) in [6.45, 7) is 0.490. The largest absolute Gasteiger partial charge is 0.372 e. The second-order valence-corrected chi connectivity index (χ2v) is 6.15. The van der Waals surface area contributed by atoms with E-state index < -0.39 is 17.4 Å². The van der Waals surface area contributed by atoms with Crippen molar-refractivity contribution >= 4 is 29.1 Å². The van der Waals surface area contributed by atoms with Crippen LogP contribution in [-0.4, -0.2) is 29.1 Å². The number of nitrogens with one attached hydrogen (secondary N) is 1. The minimum Gasteiger partial charge on any atom is -0.372 e. The maximum Gasteiger partial charge on any atom is 0.268 e. The van der Waals surface area contributed by atoms with Gasteiger partial charge in [0.05, 0.1) is 0 Å². The molecule has 3 rings (SSSR count). The van der Waals surface area contributed by atoms with Gasteiger partial charge in [-0.25, -0.2) is 0 Å². The van der Waals surface area contributed by atoms with E-state index in [9.17, 15) is 14.7 Å². The van der Waals surface area contributed by atoms with E-state index in [1.807, 2.05) is 12.1 Å². The topological polar surface area (TPSA) is 69.6 Å². The van der Waals surface area contributed by atoms with Crippen molar-refractivity contribution in [1.29, 1.82) is 0 Å². The Bertz CT molecular complexity index is 766. The lowest BCUT2D eigenvalue weighted by Gasteiger charge is -2.21. The lowest BCUT2D eigenvalue weighted by Crippen LogP contribution is -2.52. The van der Waals surface area contributed by atoms with E-state index in [1.54, 1.807) is 42.5 Å². The molecule has 1 aliphatic rings. The van der Waals surface area contributed by atoms with Gasteiger partial charge < -0.3 is 15.3 Å². The predicted molar refractivity (Wildman–Crippen MR) is 91.7 cm³/mol. The highest BCUT2D eigenvalue weighted by Crippen LogP contribution is 2.28. The van der Waals surface area contributed by atoms with Gasteiger partial charge in [-0.2, -0.15) is 0 Å². The molecule has 0 aliphatic carbocycles. The molecular weight excluding hydrogens is 328 g/mol. The number of aliphatic hydroxyl groups is 1. The first-order valence-electron chi connectivity index (χ1n) is 7.63. The molecule has 6 heteroatoms. The first-order chi connectivity index (χ1) is 11.5. The van der Waals surface area contributed by atoms with E-state index in [0.29, 0.717) is 17.3 Å². The smallest absolute Gasteiger partial charge is 0.268 e. The van der Waals surface area contributed by atoms with Crippen LogP contribution in [-0.2, 0) is 16.1 Å². The monoisotopic (exact) mass is 344 g/mol. The zero-order chi connectivity index (χ0) is 17.2. The molecule has 1 atom stereocenters. The zero-order valence-corrected chi connectivity index (χ0v) is 13.7. The number of para-hydroxylation sites is 1. The Balaban J connectivity index is 1.69. The molecule has 0 bridgehead atoms. The summed E-state index contributed by atoms with van der Waals surface area (Å²) in [4.78, 5) is 26.3. The molecule has 0 saturated carbocycles. The van der Waals surface area contributed by atoms with Crippen LogP contribution in [0.15, 0.2) is 54.6 Å². The summed E-state index contributed by atoms with van der Waals surface area (Å²) in [7, 11) is 0. The van der Waals surface area contributed by atoms with Crippen LogP contribution in [0.4, 0.5) is 5.69 Å². The van der Waals surface area contributed by atoms with E-state index in [1.165, 1.54) is 4.90 Å². The van der Waals surface area contributed by atoms with Gasteiger partial charge in [0.25, 0.3) is 11.8 Å². The van der Waals surface area contributed by atoms with Crippen LogP contribution in [0.2, 0.25) is 5.02 Å². The van der Waals surface area contributed by atoms with Crippen LogP contribution < -0.4 is 10.2 Å². The first-order valence-corrected chi connectivity index (χ1v) is 8.00. The minimum absolute atomic E-state index is 0.0576. The number of hydrogen-bond acceptors (Lipinski definition) is 3. The molecule has 2 aromatic rings.